The Morgan fingerprint density at radius 1 is 1.14 bits per heavy atom. The molecule has 0 aromatic heterocycles. The van der Waals surface area contributed by atoms with Crippen molar-refractivity contribution in [1.29, 1.82) is 0 Å². The maximum atomic E-state index is 12.8. The first-order valence-electron chi connectivity index (χ1n) is 9.54. The van der Waals surface area contributed by atoms with E-state index in [1.54, 1.807) is 17.0 Å². The van der Waals surface area contributed by atoms with E-state index < -0.39 is 4.92 Å². The number of ether oxygens (including phenoxy) is 1. The summed E-state index contributed by atoms with van der Waals surface area (Å²) in [5.41, 5.74) is 2.16. The molecule has 1 heterocycles. The van der Waals surface area contributed by atoms with Gasteiger partial charge in [0.2, 0.25) is 0 Å². The fraction of sp³-hybridized carbons (Fsp3) is 0.381. The average molecular weight is 418 g/mol. The van der Waals surface area contributed by atoms with Crippen LogP contribution in [0.3, 0.4) is 0 Å². The molecule has 0 saturated carbocycles. The van der Waals surface area contributed by atoms with Crippen molar-refractivity contribution in [2.45, 2.75) is 26.6 Å². The van der Waals surface area contributed by atoms with Crippen LogP contribution < -0.4 is 4.90 Å². The highest BCUT2D eigenvalue weighted by atomic mass is 35.5. The lowest BCUT2D eigenvalue weighted by atomic mass is 10.1. The maximum absolute atomic E-state index is 12.8. The minimum atomic E-state index is -0.427. The van der Waals surface area contributed by atoms with Gasteiger partial charge in [-0.1, -0.05) is 23.7 Å². The van der Waals surface area contributed by atoms with E-state index in [2.05, 4.69) is 0 Å². The van der Waals surface area contributed by atoms with Crippen LogP contribution in [0.4, 0.5) is 11.4 Å². The lowest BCUT2D eigenvalue weighted by Crippen LogP contribution is -2.49. The summed E-state index contributed by atoms with van der Waals surface area (Å²) in [6, 6.07) is 12.1. The van der Waals surface area contributed by atoms with Crippen LogP contribution >= 0.6 is 11.6 Å². The molecule has 3 rings (SSSR count). The van der Waals surface area contributed by atoms with Crippen LogP contribution in [-0.2, 0) is 11.3 Å². The largest absolute Gasteiger partial charge is 0.374 e. The number of hydrogen-bond donors (Lipinski definition) is 0. The average Bonchev–Trinajstić information content (AvgIpc) is 2.72. The van der Waals surface area contributed by atoms with Crippen molar-refractivity contribution in [2.24, 2.45) is 0 Å². The second-order valence-corrected chi connectivity index (χ2v) is 7.66. The number of amides is 1. The molecule has 0 atom stereocenters. The van der Waals surface area contributed by atoms with Crippen LogP contribution in [0.1, 0.15) is 29.8 Å². The number of hydrogen-bond acceptors (Lipinski definition) is 5. The smallest absolute Gasteiger partial charge is 0.294 e. The third-order valence-corrected chi connectivity index (χ3v) is 5.06. The highest BCUT2D eigenvalue weighted by Gasteiger charge is 2.26. The van der Waals surface area contributed by atoms with Gasteiger partial charge in [-0.25, -0.2) is 0 Å². The van der Waals surface area contributed by atoms with Crippen LogP contribution in [-0.4, -0.2) is 48.0 Å². The summed E-state index contributed by atoms with van der Waals surface area (Å²) in [5, 5.41) is 11.7. The van der Waals surface area contributed by atoms with Crippen molar-refractivity contribution in [3.05, 3.63) is 68.7 Å². The summed E-state index contributed by atoms with van der Waals surface area (Å²) in [7, 11) is 0. The Morgan fingerprint density at radius 3 is 2.38 bits per heavy atom. The number of rotatable bonds is 6. The molecule has 2 aromatic carbocycles. The Labute approximate surface area is 175 Å². The third kappa shape index (κ3) is 5.25. The zero-order chi connectivity index (χ0) is 21.0. The predicted molar refractivity (Wildman–Crippen MR) is 113 cm³/mol. The van der Waals surface area contributed by atoms with Gasteiger partial charge in [0.05, 0.1) is 17.6 Å². The van der Waals surface area contributed by atoms with Gasteiger partial charge < -0.3 is 14.5 Å². The van der Waals surface area contributed by atoms with Crippen LogP contribution in [0.5, 0.6) is 0 Å². The van der Waals surface area contributed by atoms with Gasteiger partial charge in [-0.2, -0.15) is 0 Å². The minimum Gasteiger partial charge on any atom is -0.374 e. The van der Waals surface area contributed by atoms with Gasteiger partial charge in [-0.3, -0.25) is 14.9 Å². The number of carbonyl (C=O) groups is 1. The van der Waals surface area contributed by atoms with Gasteiger partial charge in [0.15, 0.2) is 0 Å². The van der Waals surface area contributed by atoms with E-state index in [0.717, 1.165) is 5.56 Å². The second kappa shape index (κ2) is 9.24. The first-order valence-corrected chi connectivity index (χ1v) is 9.91. The van der Waals surface area contributed by atoms with E-state index in [1.807, 2.05) is 43.0 Å². The topological polar surface area (TPSA) is 75.9 Å². The van der Waals surface area contributed by atoms with Crippen LogP contribution in [0.2, 0.25) is 5.02 Å². The molecular weight excluding hydrogens is 394 g/mol. The molecule has 0 aliphatic carbocycles. The highest BCUT2D eigenvalue weighted by Crippen LogP contribution is 2.31. The molecule has 0 unspecified atom stereocenters. The number of benzene rings is 2. The molecule has 1 amide bonds. The Balaban J connectivity index is 1.62. The monoisotopic (exact) mass is 417 g/mol. The Kier molecular flexibility index (Phi) is 6.71. The molecule has 1 aliphatic rings. The van der Waals surface area contributed by atoms with Crippen LogP contribution in [0.25, 0.3) is 0 Å². The van der Waals surface area contributed by atoms with E-state index in [-0.39, 0.29) is 17.7 Å². The van der Waals surface area contributed by atoms with E-state index >= 15 is 0 Å². The molecule has 2 aromatic rings. The molecule has 154 valence electrons. The number of nitro groups is 1. The lowest BCUT2D eigenvalue weighted by molar-refractivity contribution is -0.384. The fourth-order valence-corrected chi connectivity index (χ4v) is 3.42. The molecule has 0 N–H and O–H groups in total. The summed E-state index contributed by atoms with van der Waals surface area (Å²) < 4.78 is 5.58. The lowest BCUT2D eigenvalue weighted by Gasteiger charge is -2.35. The van der Waals surface area contributed by atoms with Gasteiger partial charge >= 0.3 is 0 Å². The molecule has 0 bridgehead atoms. The van der Waals surface area contributed by atoms with Crippen LogP contribution in [0.15, 0.2) is 42.5 Å². The van der Waals surface area contributed by atoms with Crippen molar-refractivity contribution in [3.8, 4) is 0 Å². The summed E-state index contributed by atoms with van der Waals surface area (Å²) in [6.45, 7) is 6.52. The number of anilines is 1. The summed E-state index contributed by atoms with van der Waals surface area (Å²) >= 11 is 5.89. The molecule has 1 fully saturated rings. The van der Waals surface area contributed by atoms with Crippen molar-refractivity contribution < 1.29 is 14.5 Å². The van der Waals surface area contributed by atoms with Gasteiger partial charge in [-0.05, 0) is 43.7 Å². The van der Waals surface area contributed by atoms with Gasteiger partial charge in [0.25, 0.3) is 11.6 Å². The normalized spacial score (nSPS) is 14.3. The Hall–Kier alpha value is -2.64. The Morgan fingerprint density at radius 2 is 1.79 bits per heavy atom. The molecule has 0 spiro atoms. The maximum Gasteiger partial charge on any atom is 0.294 e. The Bertz CT molecular complexity index is 878. The first kappa shape index (κ1) is 21.1. The van der Waals surface area contributed by atoms with Gasteiger partial charge in [-0.15, -0.1) is 0 Å². The van der Waals surface area contributed by atoms with E-state index in [9.17, 15) is 14.9 Å². The molecule has 1 saturated heterocycles. The second-order valence-electron chi connectivity index (χ2n) is 7.23. The molecule has 7 nitrogen and oxygen atoms in total. The molecular formula is C21H24ClN3O4. The summed E-state index contributed by atoms with van der Waals surface area (Å²) in [6.07, 6.45) is 0.157. The van der Waals surface area contributed by atoms with Gasteiger partial charge in [0, 0.05) is 42.8 Å². The first-order chi connectivity index (χ1) is 13.8. The van der Waals surface area contributed by atoms with Crippen molar-refractivity contribution in [3.63, 3.8) is 0 Å². The molecule has 0 radical (unpaired) electrons. The quantitative estimate of drug-likeness (QED) is 0.521. The number of nitrogens with zero attached hydrogens (tertiary/aromatic N) is 3. The summed E-state index contributed by atoms with van der Waals surface area (Å²) in [5.74, 6) is -0.0356. The van der Waals surface area contributed by atoms with Crippen LogP contribution in [0, 0.1) is 10.1 Å². The number of halogens is 1. The fourth-order valence-electron chi connectivity index (χ4n) is 3.25. The minimum absolute atomic E-state index is 0.0171. The number of nitro benzene ring substituents is 1. The van der Waals surface area contributed by atoms with Crippen molar-refractivity contribution in [2.75, 3.05) is 31.1 Å². The third-order valence-electron chi connectivity index (χ3n) is 4.83. The zero-order valence-electron chi connectivity index (χ0n) is 16.5. The summed E-state index contributed by atoms with van der Waals surface area (Å²) in [4.78, 5) is 27.4. The van der Waals surface area contributed by atoms with Gasteiger partial charge in [0.1, 0.15) is 5.69 Å². The molecule has 1 aliphatic heterocycles. The number of piperazine rings is 1. The van der Waals surface area contributed by atoms with E-state index in [1.165, 1.54) is 6.07 Å². The predicted octanol–water partition coefficient (Wildman–Crippen LogP) is 4.14. The SMILES string of the molecule is CC(C)OCc1ccc(C(=O)N2CCN(c3ccc(Cl)cc3[N+](=O)[O-])CC2)cc1. The zero-order valence-corrected chi connectivity index (χ0v) is 17.3. The molecule has 29 heavy (non-hydrogen) atoms. The van der Waals surface area contributed by atoms with Crippen molar-refractivity contribution >= 4 is 28.9 Å². The standard InChI is InChI=1S/C21H24ClN3O4/c1-15(2)29-14-16-3-5-17(6-4-16)21(26)24-11-9-23(10-12-24)19-8-7-18(22)13-20(19)25(27)28/h3-8,13,15H,9-12,14H2,1-2H3. The molecule has 8 heteroatoms. The van der Waals surface area contributed by atoms with E-state index in [4.69, 9.17) is 16.3 Å². The van der Waals surface area contributed by atoms with Crippen molar-refractivity contribution in [1.82, 2.24) is 4.90 Å². The van der Waals surface area contributed by atoms with E-state index in [0.29, 0.717) is 49.1 Å². The highest BCUT2D eigenvalue weighted by molar-refractivity contribution is 6.30. The number of carbonyl (C=O) groups excluding carboxylic acids is 1.